The number of thioether (sulfide) groups is 1. The zero-order chi connectivity index (χ0) is 16.1. The van der Waals surface area contributed by atoms with Crippen LogP contribution >= 0.6 is 11.8 Å². The van der Waals surface area contributed by atoms with E-state index in [1.165, 1.54) is 37.4 Å². The second-order valence-electron chi connectivity index (χ2n) is 6.39. The molecule has 3 rings (SSSR count). The van der Waals surface area contributed by atoms with Crippen molar-refractivity contribution >= 4 is 28.7 Å². The predicted octanol–water partition coefficient (Wildman–Crippen LogP) is 1.55. The first-order valence-electron chi connectivity index (χ1n) is 8.63. The van der Waals surface area contributed by atoms with Crippen molar-refractivity contribution in [2.75, 3.05) is 26.3 Å². The van der Waals surface area contributed by atoms with Gasteiger partial charge in [0.2, 0.25) is 5.91 Å². The summed E-state index contributed by atoms with van der Waals surface area (Å²) in [5.41, 5.74) is 0. The zero-order valence-electron chi connectivity index (χ0n) is 13.5. The van der Waals surface area contributed by atoms with E-state index in [1.807, 2.05) is 0 Å². The molecule has 7 heteroatoms. The Bertz CT molecular complexity index is 469. The summed E-state index contributed by atoms with van der Waals surface area (Å²) in [4.78, 5) is 30.3. The number of nitrogens with zero attached hydrogens (tertiary/aromatic N) is 2. The van der Waals surface area contributed by atoms with Gasteiger partial charge in [-0.15, -0.1) is 0 Å². The van der Waals surface area contributed by atoms with Crippen molar-refractivity contribution in [3.63, 3.8) is 0 Å². The van der Waals surface area contributed by atoms with Gasteiger partial charge in [-0.3, -0.25) is 9.59 Å². The highest BCUT2D eigenvalue weighted by Gasteiger charge is 2.33. The summed E-state index contributed by atoms with van der Waals surface area (Å²) in [7, 11) is 0. The van der Waals surface area contributed by atoms with Gasteiger partial charge in [0.05, 0.1) is 13.2 Å². The van der Waals surface area contributed by atoms with Gasteiger partial charge < -0.3 is 15.0 Å². The fourth-order valence-electron chi connectivity index (χ4n) is 3.28. The molecule has 1 aliphatic carbocycles. The van der Waals surface area contributed by atoms with E-state index in [1.54, 1.807) is 4.90 Å². The van der Waals surface area contributed by atoms with Crippen molar-refractivity contribution in [1.82, 2.24) is 10.2 Å². The van der Waals surface area contributed by atoms with Crippen LogP contribution in [0.1, 0.15) is 44.9 Å². The number of hydrogen-bond acceptors (Lipinski definition) is 5. The van der Waals surface area contributed by atoms with Crippen molar-refractivity contribution < 1.29 is 14.3 Å². The number of rotatable bonds is 3. The van der Waals surface area contributed by atoms with Crippen LogP contribution in [0.25, 0.3) is 0 Å². The summed E-state index contributed by atoms with van der Waals surface area (Å²) in [5, 5.41) is 3.77. The van der Waals surface area contributed by atoms with Gasteiger partial charge in [-0.1, -0.05) is 37.4 Å². The van der Waals surface area contributed by atoms with Crippen molar-refractivity contribution in [3.8, 4) is 0 Å². The summed E-state index contributed by atoms with van der Waals surface area (Å²) in [6.07, 6.45) is 7.60. The number of ether oxygens (including phenoxy) is 1. The van der Waals surface area contributed by atoms with Crippen molar-refractivity contribution in [2.24, 2.45) is 4.99 Å². The third kappa shape index (κ3) is 4.70. The number of amides is 2. The largest absolute Gasteiger partial charge is 0.378 e. The quantitative estimate of drug-likeness (QED) is 0.790. The maximum atomic E-state index is 12.3. The lowest BCUT2D eigenvalue weighted by Crippen LogP contribution is -2.42. The Hall–Kier alpha value is -1.08. The normalized spacial score (nSPS) is 26.8. The molecule has 0 spiro atoms. The molecule has 1 saturated carbocycles. The van der Waals surface area contributed by atoms with Gasteiger partial charge in [-0.2, -0.15) is 4.99 Å². The molecule has 2 aliphatic heterocycles. The maximum absolute atomic E-state index is 12.3. The third-order valence-electron chi connectivity index (χ3n) is 4.65. The molecule has 1 atom stereocenters. The highest BCUT2D eigenvalue weighted by atomic mass is 32.2. The maximum Gasteiger partial charge on any atom is 0.262 e. The Labute approximate surface area is 141 Å². The Kier molecular flexibility index (Phi) is 5.94. The smallest absolute Gasteiger partial charge is 0.262 e. The Morgan fingerprint density at radius 3 is 2.61 bits per heavy atom. The molecular formula is C16H25N3O3S. The molecule has 1 unspecified atom stereocenters. The fourth-order valence-corrected chi connectivity index (χ4v) is 4.30. The van der Waals surface area contributed by atoms with Gasteiger partial charge in [0, 0.05) is 25.6 Å². The minimum Gasteiger partial charge on any atom is -0.378 e. The van der Waals surface area contributed by atoms with E-state index < -0.39 is 0 Å². The molecule has 0 aromatic carbocycles. The first kappa shape index (κ1) is 16.8. The molecule has 128 valence electrons. The predicted molar refractivity (Wildman–Crippen MR) is 90.5 cm³/mol. The van der Waals surface area contributed by atoms with Crippen molar-refractivity contribution in [3.05, 3.63) is 0 Å². The molecule has 23 heavy (non-hydrogen) atoms. The van der Waals surface area contributed by atoms with E-state index in [2.05, 4.69) is 10.3 Å². The lowest BCUT2D eigenvalue weighted by molar-refractivity contribution is -0.136. The second-order valence-corrected chi connectivity index (χ2v) is 7.58. The molecule has 2 amide bonds. The number of morpholine rings is 1. The van der Waals surface area contributed by atoms with Gasteiger partial charge in [-0.05, 0) is 12.8 Å². The second kappa shape index (κ2) is 8.15. The highest BCUT2D eigenvalue weighted by Crippen LogP contribution is 2.26. The molecule has 2 fully saturated rings. The molecule has 0 aromatic heterocycles. The topological polar surface area (TPSA) is 71.0 Å². The van der Waals surface area contributed by atoms with Crippen LogP contribution in [0, 0.1) is 0 Å². The van der Waals surface area contributed by atoms with Crippen LogP contribution in [-0.4, -0.2) is 59.5 Å². The minimum atomic E-state index is -0.362. The number of carbonyl (C=O) groups is 2. The van der Waals surface area contributed by atoms with Crippen LogP contribution in [0.3, 0.4) is 0 Å². The highest BCUT2D eigenvalue weighted by molar-refractivity contribution is 8.15. The average Bonchev–Trinajstić information content (AvgIpc) is 2.76. The number of nitrogens with one attached hydrogen (secondary N) is 1. The van der Waals surface area contributed by atoms with Crippen LogP contribution in [-0.2, 0) is 14.3 Å². The first-order chi connectivity index (χ1) is 11.2. The minimum absolute atomic E-state index is 0.0325. The molecule has 1 N–H and O–H groups in total. The Morgan fingerprint density at radius 1 is 1.22 bits per heavy atom. The summed E-state index contributed by atoms with van der Waals surface area (Å²) >= 11 is 1.42. The van der Waals surface area contributed by atoms with Crippen LogP contribution in [0.2, 0.25) is 0 Å². The molecule has 2 heterocycles. The summed E-state index contributed by atoms with van der Waals surface area (Å²) < 4.78 is 5.25. The van der Waals surface area contributed by atoms with E-state index in [9.17, 15) is 9.59 Å². The third-order valence-corrected chi connectivity index (χ3v) is 5.73. The van der Waals surface area contributed by atoms with Gasteiger partial charge in [0.1, 0.15) is 5.25 Å². The van der Waals surface area contributed by atoms with E-state index >= 15 is 0 Å². The number of aliphatic imine (C=N–C) groups is 1. The monoisotopic (exact) mass is 339 g/mol. The van der Waals surface area contributed by atoms with E-state index in [4.69, 9.17) is 4.74 Å². The van der Waals surface area contributed by atoms with Gasteiger partial charge in [0.25, 0.3) is 5.91 Å². The summed E-state index contributed by atoms with van der Waals surface area (Å²) in [6, 6.07) is 0.422. The molecule has 1 saturated heterocycles. The number of carbonyl (C=O) groups excluding carboxylic acids is 2. The summed E-state index contributed by atoms with van der Waals surface area (Å²) in [6.45, 7) is 2.42. The van der Waals surface area contributed by atoms with Gasteiger partial charge in [-0.25, -0.2) is 0 Å². The van der Waals surface area contributed by atoms with Gasteiger partial charge in [0.15, 0.2) is 5.17 Å². The zero-order valence-corrected chi connectivity index (χ0v) is 14.3. The van der Waals surface area contributed by atoms with Crippen LogP contribution in [0.4, 0.5) is 0 Å². The van der Waals surface area contributed by atoms with E-state index in [-0.39, 0.29) is 23.5 Å². The van der Waals surface area contributed by atoms with Crippen molar-refractivity contribution in [1.29, 1.82) is 0 Å². The SMILES string of the molecule is O=C1N=C(NC2CCCCCC2)SC1CC(=O)N1CCOCC1. The Balaban J connectivity index is 1.47. The van der Waals surface area contributed by atoms with Crippen LogP contribution in [0.5, 0.6) is 0 Å². The van der Waals surface area contributed by atoms with Crippen molar-refractivity contribution in [2.45, 2.75) is 56.2 Å². The molecule has 0 bridgehead atoms. The number of amidine groups is 1. The first-order valence-corrected chi connectivity index (χ1v) is 9.51. The fraction of sp³-hybridized carbons (Fsp3) is 0.812. The summed E-state index contributed by atoms with van der Waals surface area (Å²) in [5.74, 6) is -0.141. The molecule has 0 radical (unpaired) electrons. The number of hydrogen-bond donors (Lipinski definition) is 1. The lowest BCUT2D eigenvalue weighted by Gasteiger charge is -2.27. The molecule has 3 aliphatic rings. The van der Waals surface area contributed by atoms with Gasteiger partial charge >= 0.3 is 0 Å². The Morgan fingerprint density at radius 2 is 1.91 bits per heavy atom. The molecule has 6 nitrogen and oxygen atoms in total. The molecular weight excluding hydrogens is 314 g/mol. The standard InChI is InChI=1S/C16H25N3O3S/c20-14(19-7-9-22-10-8-19)11-13-15(21)18-16(23-13)17-12-5-3-1-2-4-6-12/h12-13H,1-11H2,(H,17,18,21). The van der Waals surface area contributed by atoms with Crippen LogP contribution in [0.15, 0.2) is 4.99 Å². The molecule has 0 aromatic rings. The van der Waals surface area contributed by atoms with E-state index in [0.717, 1.165) is 12.8 Å². The van der Waals surface area contributed by atoms with E-state index in [0.29, 0.717) is 37.5 Å². The average molecular weight is 339 g/mol. The van der Waals surface area contributed by atoms with Crippen LogP contribution < -0.4 is 5.32 Å². The lowest BCUT2D eigenvalue weighted by atomic mass is 10.1.